The van der Waals surface area contributed by atoms with E-state index in [0.717, 1.165) is 0 Å². The van der Waals surface area contributed by atoms with E-state index in [4.69, 9.17) is 11.5 Å². The standard InChI is InChI=1S/C22H30N3O7PS/c1-14(11-23)22(34(31,32)19-8-6-18(7-9-19)25-15(2)26)33(29,30)13-20(21(27)28)17-5-3-4-16(10-17)12-24/h3-10,14,20,22H,11-13,23-24H2,1-2H3,(H,25,26)(H,27,28)(H,29,30). The van der Waals surface area contributed by atoms with E-state index < -0.39 is 46.2 Å². The molecule has 0 aliphatic heterocycles. The highest BCUT2D eigenvalue weighted by molar-refractivity contribution is 7.99. The summed E-state index contributed by atoms with van der Waals surface area (Å²) in [6, 6.07) is 11.5. The molecule has 1 amide bonds. The van der Waals surface area contributed by atoms with Gasteiger partial charge in [0.25, 0.3) is 0 Å². The Kier molecular flexibility index (Phi) is 9.15. The molecule has 4 unspecified atom stereocenters. The SMILES string of the molecule is CC(=O)Nc1ccc(S(=O)(=O)C(C(C)CN)P(=O)(O)CC(C(=O)O)c2cccc(CN)c2)cc1. The molecular formula is C22H30N3O7PS. The van der Waals surface area contributed by atoms with Crippen LogP contribution in [0.5, 0.6) is 0 Å². The van der Waals surface area contributed by atoms with Gasteiger partial charge < -0.3 is 26.8 Å². The molecule has 0 aliphatic rings. The van der Waals surface area contributed by atoms with Crippen molar-refractivity contribution in [2.24, 2.45) is 17.4 Å². The molecule has 2 aromatic rings. The van der Waals surface area contributed by atoms with Gasteiger partial charge in [0.2, 0.25) is 13.3 Å². The van der Waals surface area contributed by atoms with Gasteiger partial charge in [0, 0.05) is 25.3 Å². The number of carboxylic acid groups (broad SMARTS) is 1. The van der Waals surface area contributed by atoms with E-state index in [-0.39, 0.29) is 29.5 Å². The largest absolute Gasteiger partial charge is 0.481 e. The summed E-state index contributed by atoms with van der Waals surface area (Å²) in [7, 11) is -9.05. The predicted octanol–water partition coefficient (Wildman–Crippen LogP) is 1.94. The minimum atomic E-state index is -4.65. The van der Waals surface area contributed by atoms with Crippen molar-refractivity contribution in [2.75, 3.05) is 18.0 Å². The van der Waals surface area contributed by atoms with Gasteiger partial charge in [-0.15, -0.1) is 0 Å². The summed E-state index contributed by atoms with van der Waals surface area (Å²) in [5.74, 6) is -4.07. The van der Waals surface area contributed by atoms with Crippen LogP contribution in [0.4, 0.5) is 5.69 Å². The second kappa shape index (κ2) is 11.2. The number of nitrogens with one attached hydrogen (secondary N) is 1. The third kappa shape index (κ3) is 6.52. The molecule has 0 aliphatic carbocycles. The average Bonchev–Trinajstić information content (AvgIpc) is 2.76. The molecule has 2 aromatic carbocycles. The molecule has 186 valence electrons. The molecule has 0 spiro atoms. The normalized spacial score (nSPS) is 16.1. The number of hydrogen-bond acceptors (Lipinski definition) is 7. The van der Waals surface area contributed by atoms with Crippen molar-refractivity contribution in [2.45, 2.75) is 36.2 Å². The number of carboxylic acids is 1. The maximum absolute atomic E-state index is 13.6. The van der Waals surface area contributed by atoms with Gasteiger partial charge in [-0.2, -0.15) is 0 Å². The highest BCUT2D eigenvalue weighted by atomic mass is 32.2. The molecule has 34 heavy (non-hydrogen) atoms. The van der Waals surface area contributed by atoms with Gasteiger partial charge in [0.15, 0.2) is 9.84 Å². The monoisotopic (exact) mass is 511 g/mol. The van der Waals surface area contributed by atoms with Gasteiger partial charge in [0.05, 0.1) is 10.8 Å². The molecule has 0 radical (unpaired) electrons. The number of carbonyl (C=O) groups is 2. The van der Waals surface area contributed by atoms with Crippen molar-refractivity contribution in [3.8, 4) is 0 Å². The number of amides is 1. The maximum Gasteiger partial charge on any atom is 0.311 e. The van der Waals surface area contributed by atoms with E-state index in [2.05, 4.69) is 5.32 Å². The van der Waals surface area contributed by atoms with Gasteiger partial charge in [-0.25, -0.2) is 8.42 Å². The van der Waals surface area contributed by atoms with Gasteiger partial charge in [-0.3, -0.25) is 14.2 Å². The van der Waals surface area contributed by atoms with Crippen LogP contribution in [-0.2, 0) is 30.5 Å². The van der Waals surface area contributed by atoms with E-state index in [9.17, 15) is 32.6 Å². The second-order valence-electron chi connectivity index (χ2n) is 8.13. The Morgan fingerprint density at radius 1 is 1.12 bits per heavy atom. The summed E-state index contributed by atoms with van der Waals surface area (Å²) >= 11 is 0. The summed E-state index contributed by atoms with van der Waals surface area (Å²) in [5, 5.41) is 12.3. The number of aliphatic carboxylic acids is 1. The van der Waals surface area contributed by atoms with Gasteiger partial charge in [0.1, 0.15) is 4.99 Å². The highest BCUT2D eigenvalue weighted by Gasteiger charge is 2.47. The number of hydrogen-bond donors (Lipinski definition) is 5. The molecule has 0 aromatic heterocycles. The molecule has 0 bridgehead atoms. The van der Waals surface area contributed by atoms with Crippen LogP contribution in [0.25, 0.3) is 0 Å². The number of sulfone groups is 1. The van der Waals surface area contributed by atoms with Crippen LogP contribution in [-0.4, -0.2) is 48.0 Å². The highest BCUT2D eigenvalue weighted by Crippen LogP contribution is 2.55. The maximum atomic E-state index is 13.6. The average molecular weight is 512 g/mol. The Bertz CT molecular complexity index is 1190. The third-order valence-electron chi connectivity index (χ3n) is 5.41. The van der Waals surface area contributed by atoms with Crippen molar-refractivity contribution in [1.82, 2.24) is 0 Å². The topological polar surface area (TPSA) is 190 Å². The zero-order chi connectivity index (χ0) is 25.7. The molecule has 4 atom stereocenters. The van der Waals surface area contributed by atoms with Crippen LogP contribution in [0.15, 0.2) is 53.4 Å². The van der Waals surface area contributed by atoms with Crippen molar-refractivity contribution < 1.29 is 32.6 Å². The predicted molar refractivity (Wildman–Crippen MR) is 129 cm³/mol. The first kappa shape index (κ1) is 27.7. The summed E-state index contributed by atoms with van der Waals surface area (Å²) in [4.78, 5) is 32.2. The Morgan fingerprint density at radius 3 is 2.24 bits per heavy atom. The number of anilines is 1. The van der Waals surface area contributed by atoms with Crippen LogP contribution in [0.1, 0.15) is 30.9 Å². The quantitative estimate of drug-likeness (QED) is 0.281. The van der Waals surface area contributed by atoms with E-state index in [1.807, 2.05) is 0 Å². The third-order valence-corrected chi connectivity index (χ3v) is 11.5. The number of nitrogens with two attached hydrogens (primary N) is 2. The van der Waals surface area contributed by atoms with Crippen LogP contribution < -0.4 is 16.8 Å². The van der Waals surface area contributed by atoms with E-state index >= 15 is 0 Å². The first-order valence-electron chi connectivity index (χ1n) is 10.5. The molecule has 12 heteroatoms. The zero-order valence-electron chi connectivity index (χ0n) is 18.9. The molecule has 10 nitrogen and oxygen atoms in total. The number of benzene rings is 2. The zero-order valence-corrected chi connectivity index (χ0v) is 20.6. The minimum absolute atomic E-state index is 0.145. The fourth-order valence-corrected chi connectivity index (χ4v) is 9.63. The fourth-order valence-electron chi connectivity index (χ4n) is 3.74. The second-order valence-corrected chi connectivity index (χ2v) is 13.0. The summed E-state index contributed by atoms with van der Waals surface area (Å²) < 4.78 is 40.5. The van der Waals surface area contributed by atoms with E-state index in [1.54, 1.807) is 12.1 Å². The molecule has 2 rings (SSSR count). The summed E-state index contributed by atoms with van der Waals surface area (Å²) in [5.41, 5.74) is 12.5. The minimum Gasteiger partial charge on any atom is -0.481 e. The van der Waals surface area contributed by atoms with E-state index in [0.29, 0.717) is 11.3 Å². The molecular weight excluding hydrogens is 481 g/mol. The Balaban J connectivity index is 2.50. The molecule has 0 fully saturated rings. The van der Waals surface area contributed by atoms with Crippen LogP contribution >= 0.6 is 7.37 Å². The van der Waals surface area contributed by atoms with Crippen molar-refractivity contribution in [3.05, 3.63) is 59.7 Å². The summed E-state index contributed by atoms with van der Waals surface area (Å²) in [6.45, 7) is 2.67. The van der Waals surface area contributed by atoms with Crippen molar-refractivity contribution >= 4 is 34.8 Å². The van der Waals surface area contributed by atoms with Crippen LogP contribution in [0.2, 0.25) is 0 Å². The number of rotatable bonds is 11. The first-order chi connectivity index (χ1) is 15.8. The Hall–Kier alpha value is -2.56. The van der Waals surface area contributed by atoms with E-state index in [1.165, 1.54) is 50.2 Å². The first-order valence-corrected chi connectivity index (χ1v) is 13.9. The smallest absolute Gasteiger partial charge is 0.311 e. The Labute approximate surface area is 198 Å². The lowest BCUT2D eigenvalue weighted by atomic mass is 9.99. The van der Waals surface area contributed by atoms with Gasteiger partial charge >= 0.3 is 5.97 Å². The van der Waals surface area contributed by atoms with Crippen LogP contribution in [0, 0.1) is 5.92 Å². The molecule has 0 saturated heterocycles. The van der Waals surface area contributed by atoms with Gasteiger partial charge in [-0.1, -0.05) is 31.2 Å². The lowest BCUT2D eigenvalue weighted by molar-refractivity contribution is -0.138. The molecule has 0 heterocycles. The fraction of sp³-hybridized carbons (Fsp3) is 0.364. The lowest BCUT2D eigenvalue weighted by Gasteiger charge is -2.29. The van der Waals surface area contributed by atoms with Crippen molar-refractivity contribution in [3.63, 3.8) is 0 Å². The lowest BCUT2D eigenvalue weighted by Crippen LogP contribution is -2.35. The van der Waals surface area contributed by atoms with Crippen LogP contribution in [0.3, 0.4) is 0 Å². The number of carbonyl (C=O) groups excluding carboxylic acids is 1. The van der Waals surface area contributed by atoms with Gasteiger partial charge in [-0.05, 0) is 47.9 Å². The molecule has 7 N–H and O–H groups in total. The van der Waals surface area contributed by atoms with Crippen molar-refractivity contribution in [1.29, 1.82) is 0 Å². The molecule has 0 saturated carbocycles. The Morgan fingerprint density at radius 2 is 1.74 bits per heavy atom. The summed E-state index contributed by atoms with van der Waals surface area (Å²) in [6.07, 6.45) is -0.797.